The number of anilines is 2. The van der Waals surface area contributed by atoms with Gasteiger partial charge >= 0.3 is 0 Å². The second-order valence-electron chi connectivity index (χ2n) is 5.80. The summed E-state index contributed by atoms with van der Waals surface area (Å²) in [7, 11) is 0. The molecule has 4 nitrogen and oxygen atoms in total. The maximum atomic E-state index is 11.1. The third-order valence-electron chi connectivity index (χ3n) is 4.38. The zero-order valence-electron chi connectivity index (χ0n) is 11.6. The number of hydrogen-bond acceptors (Lipinski definition) is 3. The molecule has 5 heteroatoms. The number of pyridine rings is 1. The van der Waals surface area contributed by atoms with Crippen LogP contribution in [0.15, 0.2) is 12.3 Å². The topological polar surface area (TPSA) is 45.2 Å². The van der Waals surface area contributed by atoms with E-state index in [4.69, 9.17) is 0 Å². The molecule has 0 bridgehead atoms. The summed E-state index contributed by atoms with van der Waals surface area (Å²) in [5, 5.41) is 2.77. The summed E-state index contributed by atoms with van der Waals surface area (Å²) in [5.41, 5.74) is 2.58. The Labute approximate surface area is 133 Å². The standard InChI is InChI=1S/C15H20IN3O/c16-15(20)18-14-8-13-12(9-17-14)6-7-19(13)10-11-4-2-1-3-5-11/h8-9,11H,1-7,10H2,(H,17,18,20). The van der Waals surface area contributed by atoms with E-state index in [0.717, 1.165) is 25.4 Å². The summed E-state index contributed by atoms with van der Waals surface area (Å²) in [6.45, 7) is 2.25. The first-order chi connectivity index (χ1) is 9.72. The lowest BCUT2D eigenvalue weighted by molar-refractivity contribution is 0.271. The number of carbonyl (C=O) groups excluding carboxylic acids is 1. The number of aromatic nitrogens is 1. The van der Waals surface area contributed by atoms with Crippen LogP contribution in [-0.4, -0.2) is 22.0 Å². The molecule has 3 rings (SSSR count). The van der Waals surface area contributed by atoms with E-state index in [1.807, 2.05) is 12.3 Å². The highest BCUT2D eigenvalue weighted by Gasteiger charge is 2.24. The molecule has 0 radical (unpaired) electrons. The highest BCUT2D eigenvalue weighted by Crippen LogP contribution is 2.32. The van der Waals surface area contributed by atoms with Gasteiger partial charge in [0.05, 0.1) is 0 Å². The van der Waals surface area contributed by atoms with Gasteiger partial charge in [-0.25, -0.2) is 4.98 Å². The molecule has 1 aliphatic carbocycles. The summed E-state index contributed by atoms with van der Waals surface area (Å²) >= 11 is 1.74. The van der Waals surface area contributed by atoms with Gasteiger partial charge in [0.25, 0.3) is 3.91 Å². The molecule has 108 valence electrons. The minimum atomic E-state index is -0.0909. The minimum absolute atomic E-state index is 0.0909. The quantitative estimate of drug-likeness (QED) is 0.486. The van der Waals surface area contributed by atoms with E-state index in [1.54, 1.807) is 22.6 Å². The zero-order chi connectivity index (χ0) is 13.9. The Bertz CT molecular complexity index is 500. The lowest BCUT2D eigenvalue weighted by Crippen LogP contribution is -2.29. The van der Waals surface area contributed by atoms with Crippen LogP contribution in [0.1, 0.15) is 37.7 Å². The van der Waals surface area contributed by atoms with Crippen LogP contribution in [0.5, 0.6) is 0 Å². The van der Waals surface area contributed by atoms with Gasteiger partial charge in [0.15, 0.2) is 0 Å². The van der Waals surface area contributed by atoms with Crippen molar-refractivity contribution in [3.63, 3.8) is 0 Å². The number of carbonyl (C=O) groups is 1. The van der Waals surface area contributed by atoms with Crippen LogP contribution in [0.4, 0.5) is 16.3 Å². The molecule has 1 aromatic rings. The maximum Gasteiger partial charge on any atom is 0.286 e. The summed E-state index contributed by atoms with van der Waals surface area (Å²) in [5.74, 6) is 1.50. The molecule has 1 aliphatic heterocycles. The second kappa shape index (κ2) is 6.28. The Balaban J connectivity index is 1.72. The SMILES string of the molecule is O=C(I)Nc1cc2c(cn1)CCN2CC1CCCCC1. The van der Waals surface area contributed by atoms with E-state index >= 15 is 0 Å². The first-order valence-electron chi connectivity index (χ1n) is 7.43. The van der Waals surface area contributed by atoms with E-state index in [1.165, 1.54) is 43.4 Å². The number of nitrogens with one attached hydrogen (secondary N) is 1. The highest BCUT2D eigenvalue weighted by molar-refractivity contribution is 14.1. The molecule has 1 aromatic heterocycles. The van der Waals surface area contributed by atoms with Gasteiger partial charge in [-0.2, -0.15) is 0 Å². The third-order valence-corrected chi connectivity index (χ3v) is 4.65. The monoisotopic (exact) mass is 385 g/mol. The fourth-order valence-electron chi connectivity index (χ4n) is 3.38. The summed E-state index contributed by atoms with van der Waals surface area (Å²) in [6.07, 6.45) is 9.91. The minimum Gasteiger partial charge on any atom is -0.371 e. The van der Waals surface area contributed by atoms with Crippen LogP contribution in [0.3, 0.4) is 0 Å². The van der Waals surface area contributed by atoms with Gasteiger partial charge in [-0.3, -0.25) is 4.79 Å². The van der Waals surface area contributed by atoms with E-state index < -0.39 is 0 Å². The van der Waals surface area contributed by atoms with Crippen molar-refractivity contribution < 1.29 is 4.79 Å². The van der Waals surface area contributed by atoms with Crippen molar-refractivity contribution in [1.29, 1.82) is 0 Å². The van der Waals surface area contributed by atoms with E-state index in [0.29, 0.717) is 5.82 Å². The Kier molecular flexibility index (Phi) is 4.43. The van der Waals surface area contributed by atoms with Gasteiger partial charge in [-0.1, -0.05) is 19.3 Å². The summed E-state index contributed by atoms with van der Waals surface area (Å²) in [4.78, 5) is 17.9. The van der Waals surface area contributed by atoms with Gasteiger partial charge in [-0.15, -0.1) is 0 Å². The van der Waals surface area contributed by atoms with Crippen LogP contribution in [-0.2, 0) is 6.42 Å². The van der Waals surface area contributed by atoms with E-state index in [9.17, 15) is 4.79 Å². The first-order valence-corrected chi connectivity index (χ1v) is 8.50. The predicted octanol–water partition coefficient (Wildman–Crippen LogP) is 3.99. The van der Waals surface area contributed by atoms with Crippen molar-refractivity contribution in [3.8, 4) is 0 Å². The molecule has 0 unspecified atom stereocenters. The average Bonchev–Trinajstić information content (AvgIpc) is 2.82. The number of fused-ring (bicyclic) bond motifs is 1. The highest BCUT2D eigenvalue weighted by atomic mass is 127. The lowest BCUT2D eigenvalue weighted by Gasteiger charge is -2.28. The van der Waals surface area contributed by atoms with Crippen molar-refractivity contribution in [2.45, 2.75) is 38.5 Å². The number of rotatable bonds is 3. The van der Waals surface area contributed by atoms with Crippen LogP contribution in [0, 0.1) is 5.92 Å². The van der Waals surface area contributed by atoms with Crippen LogP contribution >= 0.6 is 22.6 Å². The molecule has 1 fully saturated rings. The van der Waals surface area contributed by atoms with Crippen molar-refractivity contribution in [2.24, 2.45) is 5.92 Å². The molecular formula is C15H20IN3O. The van der Waals surface area contributed by atoms with Crippen molar-refractivity contribution in [3.05, 3.63) is 17.8 Å². The van der Waals surface area contributed by atoms with Gasteiger partial charge in [0.2, 0.25) is 0 Å². The molecule has 0 saturated heterocycles. The Morgan fingerprint density at radius 3 is 2.95 bits per heavy atom. The van der Waals surface area contributed by atoms with E-state index in [2.05, 4.69) is 15.2 Å². The number of nitrogens with zero attached hydrogens (tertiary/aromatic N) is 2. The van der Waals surface area contributed by atoms with Crippen molar-refractivity contribution in [1.82, 2.24) is 4.98 Å². The molecule has 0 aromatic carbocycles. The van der Waals surface area contributed by atoms with Gasteiger partial charge < -0.3 is 10.2 Å². The number of halogens is 1. The molecule has 0 spiro atoms. The number of hydrogen-bond donors (Lipinski definition) is 1. The normalized spacial score (nSPS) is 18.9. The smallest absolute Gasteiger partial charge is 0.286 e. The Morgan fingerprint density at radius 2 is 2.20 bits per heavy atom. The van der Waals surface area contributed by atoms with Gasteiger partial charge in [0.1, 0.15) is 5.82 Å². The van der Waals surface area contributed by atoms with Crippen molar-refractivity contribution >= 4 is 38.0 Å². The predicted molar refractivity (Wildman–Crippen MR) is 89.8 cm³/mol. The Hall–Kier alpha value is -0.850. The molecule has 2 heterocycles. The molecule has 1 amide bonds. The summed E-state index contributed by atoms with van der Waals surface area (Å²) < 4.78 is -0.0909. The largest absolute Gasteiger partial charge is 0.371 e. The van der Waals surface area contributed by atoms with Crippen LogP contribution in [0.2, 0.25) is 0 Å². The van der Waals surface area contributed by atoms with Gasteiger partial charge in [-0.05, 0) is 30.7 Å². The molecule has 2 aliphatic rings. The van der Waals surface area contributed by atoms with Crippen LogP contribution in [0.25, 0.3) is 0 Å². The number of amides is 1. The van der Waals surface area contributed by atoms with Crippen molar-refractivity contribution in [2.75, 3.05) is 23.3 Å². The average molecular weight is 385 g/mol. The maximum absolute atomic E-state index is 11.1. The third kappa shape index (κ3) is 3.24. The second-order valence-corrected chi connectivity index (χ2v) is 6.78. The Morgan fingerprint density at radius 1 is 1.40 bits per heavy atom. The summed E-state index contributed by atoms with van der Waals surface area (Å²) in [6, 6.07) is 2.03. The van der Waals surface area contributed by atoms with Crippen LogP contribution < -0.4 is 10.2 Å². The molecule has 0 atom stereocenters. The zero-order valence-corrected chi connectivity index (χ0v) is 13.7. The molecule has 1 saturated carbocycles. The fourth-order valence-corrected chi connectivity index (χ4v) is 3.65. The van der Waals surface area contributed by atoms with E-state index in [-0.39, 0.29) is 3.91 Å². The molecule has 1 N–H and O–H groups in total. The van der Waals surface area contributed by atoms with Gasteiger partial charge in [0, 0.05) is 53.6 Å². The first kappa shape index (κ1) is 14.1. The fraction of sp³-hybridized carbons (Fsp3) is 0.600. The molecule has 20 heavy (non-hydrogen) atoms. The molecular weight excluding hydrogens is 365 g/mol. The lowest BCUT2D eigenvalue weighted by atomic mass is 9.89.